The molecule has 0 fully saturated rings. The summed E-state index contributed by atoms with van der Waals surface area (Å²) in [5, 5.41) is 13.1. The van der Waals surface area contributed by atoms with Crippen molar-refractivity contribution in [2.24, 2.45) is 0 Å². The number of benzene rings is 1. The van der Waals surface area contributed by atoms with Crippen molar-refractivity contribution < 1.29 is 9.50 Å². The zero-order valence-electron chi connectivity index (χ0n) is 10.4. The van der Waals surface area contributed by atoms with Crippen molar-refractivity contribution in [3.05, 3.63) is 34.1 Å². The fourth-order valence-electron chi connectivity index (χ4n) is 1.46. The van der Waals surface area contributed by atoms with Gasteiger partial charge in [-0.1, -0.05) is 28.9 Å². The Balaban J connectivity index is 2.67. The van der Waals surface area contributed by atoms with E-state index in [-0.39, 0.29) is 11.9 Å². The maximum absolute atomic E-state index is 13.0. The van der Waals surface area contributed by atoms with Crippen LogP contribution in [0.25, 0.3) is 0 Å². The smallest absolute Gasteiger partial charge is 0.124 e. The minimum atomic E-state index is -0.708. The molecule has 0 saturated heterocycles. The lowest BCUT2D eigenvalue weighted by molar-refractivity contribution is 0.0533. The van der Waals surface area contributed by atoms with Crippen molar-refractivity contribution in [3.63, 3.8) is 0 Å². The van der Waals surface area contributed by atoms with E-state index < -0.39 is 5.60 Å². The Kier molecular flexibility index (Phi) is 5.10. The second-order valence-electron chi connectivity index (χ2n) is 4.62. The third kappa shape index (κ3) is 4.37. The summed E-state index contributed by atoms with van der Waals surface area (Å²) in [4.78, 5) is 0. The average Bonchev–Trinajstić information content (AvgIpc) is 2.26. The van der Waals surface area contributed by atoms with Crippen LogP contribution >= 0.6 is 15.9 Å². The number of hydrogen-bond acceptors (Lipinski definition) is 2. The molecule has 1 rings (SSSR count). The van der Waals surface area contributed by atoms with Crippen LogP contribution in [0.5, 0.6) is 0 Å². The summed E-state index contributed by atoms with van der Waals surface area (Å²) in [7, 11) is 0. The summed E-state index contributed by atoms with van der Waals surface area (Å²) in [5.41, 5.74) is 0.277. The topological polar surface area (TPSA) is 32.3 Å². The molecule has 1 aromatic carbocycles. The van der Waals surface area contributed by atoms with Gasteiger partial charge in [0.2, 0.25) is 0 Å². The van der Waals surface area contributed by atoms with Gasteiger partial charge in [0, 0.05) is 17.1 Å². The zero-order valence-corrected chi connectivity index (χ0v) is 12.0. The van der Waals surface area contributed by atoms with E-state index >= 15 is 0 Å². The van der Waals surface area contributed by atoms with Gasteiger partial charge in [0.1, 0.15) is 5.82 Å². The minimum Gasteiger partial charge on any atom is -0.389 e. The van der Waals surface area contributed by atoms with Gasteiger partial charge in [-0.25, -0.2) is 4.39 Å². The van der Waals surface area contributed by atoms with Gasteiger partial charge in [-0.05, 0) is 38.0 Å². The molecule has 0 amide bonds. The van der Waals surface area contributed by atoms with Crippen molar-refractivity contribution in [2.75, 3.05) is 6.54 Å². The van der Waals surface area contributed by atoms with Gasteiger partial charge in [0.25, 0.3) is 0 Å². The van der Waals surface area contributed by atoms with Crippen LogP contribution in [0.4, 0.5) is 4.39 Å². The molecule has 2 unspecified atom stereocenters. The standard InChI is InChI=1S/C13H19BrFNO/c1-4-13(3,17)8-16-9(2)11-6-5-10(15)7-12(11)14/h5-7,9,16-17H,4,8H2,1-3H3. The van der Waals surface area contributed by atoms with Crippen LogP contribution in [0.3, 0.4) is 0 Å². The van der Waals surface area contributed by atoms with E-state index in [1.54, 1.807) is 13.0 Å². The van der Waals surface area contributed by atoms with Crippen LogP contribution in [0.15, 0.2) is 22.7 Å². The maximum Gasteiger partial charge on any atom is 0.124 e. The molecule has 96 valence electrons. The van der Waals surface area contributed by atoms with Gasteiger partial charge in [0.05, 0.1) is 5.60 Å². The van der Waals surface area contributed by atoms with E-state index in [1.165, 1.54) is 12.1 Å². The Labute approximate surface area is 110 Å². The van der Waals surface area contributed by atoms with Crippen LogP contribution in [0.2, 0.25) is 0 Å². The molecule has 0 radical (unpaired) electrons. The summed E-state index contributed by atoms with van der Waals surface area (Å²) in [6.45, 7) is 6.24. The molecule has 2 N–H and O–H groups in total. The molecule has 2 nitrogen and oxygen atoms in total. The first-order valence-electron chi connectivity index (χ1n) is 5.76. The highest BCUT2D eigenvalue weighted by Gasteiger charge is 2.19. The Bertz CT molecular complexity index is 382. The SMILES string of the molecule is CCC(C)(O)CNC(C)c1ccc(F)cc1Br. The second-order valence-corrected chi connectivity index (χ2v) is 5.47. The highest BCUT2D eigenvalue weighted by atomic mass is 79.9. The molecule has 2 atom stereocenters. The van der Waals surface area contributed by atoms with Gasteiger partial charge < -0.3 is 10.4 Å². The number of halogens is 2. The molecule has 0 aliphatic carbocycles. The number of hydrogen-bond donors (Lipinski definition) is 2. The molecular weight excluding hydrogens is 285 g/mol. The predicted molar refractivity (Wildman–Crippen MR) is 71.4 cm³/mol. The highest BCUT2D eigenvalue weighted by molar-refractivity contribution is 9.10. The quantitative estimate of drug-likeness (QED) is 0.874. The van der Waals surface area contributed by atoms with Crippen molar-refractivity contribution in [1.82, 2.24) is 5.32 Å². The average molecular weight is 304 g/mol. The van der Waals surface area contributed by atoms with E-state index in [9.17, 15) is 9.50 Å². The van der Waals surface area contributed by atoms with E-state index in [2.05, 4.69) is 21.2 Å². The number of aliphatic hydroxyl groups is 1. The lowest BCUT2D eigenvalue weighted by Crippen LogP contribution is -2.38. The first-order chi connectivity index (χ1) is 7.85. The molecule has 0 saturated carbocycles. The zero-order chi connectivity index (χ0) is 13.1. The van der Waals surface area contributed by atoms with Crippen LogP contribution < -0.4 is 5.32 Å². The first-order valence-corrected chi connectivity index (χ1v) is 6.56. The van der Waals surface area contributed by atoms with E-state index in [1.807, 2.05) is 13.8 Å². The lowest BCUT2D eigenvalue weighted by Gasteiger charge is -2.25. The van der Waals surface area contributed by atoms with Crippen LogP contribution in [-0.4, -0.2) is 17.3 Å². The number of nitrogens with one attached hydrogen (secondary N) is 1. The molecule has 4 heteroatoms. The van der Waals surface area contributed by atoms with Gasteiger partial charge >= 0.3 is 0 Å². The Morgan fingerprint density at radius 2 is 2.18 bits per heavy atom. The molecule has 0 bridgehead atoms. The van der Waals surface area contributed by atoms with E-state index in [0.29, 0.717) is 13.0 Å². The Hall–Kier alpha value is -0.450. The monoisotopic (exact) mass is 303 g/mol. The molecule has 0 spiro atoms. The van der Waals surface area contributed by atoms with Crippen LogP contribution in [-0.2, 0) is 0 Å². The van der Waals surface area contributed by atoms with Gasteiger partial charge in [-0.15, -0.1) is 0 Å². The summed E-state index contributed by atoms with van der Waals surface area (Å²) >= 11 is 3.34. The summed E-state index contributed by atoms with van der Waals surface area (Å²) in [5.74, 6) is -0.256. The summed E-state index contributed by atoms with van der Waals surface area (Å²) in [6, 6.07) is 4.70. The van der Waals surface area contributed by atoms with Crippen molar-refractivity contribution in [2.45, 2.75) is 38.8 Å². The minimum absolute atomic E-state index is 0.0583. The highest BCUT2D eigenvalue weighted by Crippen LogP contribution is 2.24. The van der Waals surface area contributed by atoms with Gasteiger partial charge in [-0.3, -0.25) is 0 Å². The Morgan fingerprint density at radius 1 is 1.53 bits per heavy atom. The molecular formula is C13H19BrFNO. The molecule has 1 aromatic rings. The maximum atomic E-state index is 13.0. The van der Waals surface area contributed by atoms with Gasteiger partial charge in [-0.2, -0.15) is 0 Å². The third-order valence-corrected chi connectivity index (χ3v) is 3.67. The van der Waals surface area contributed by atoms with Gasteiger partial charge in [0.15, 0.2) is 0 Å². The number of rotatable bonds is 5. The van der Waals surface area contributed by atoms with Crippen molar-refractivity contribution in [1.29, 1.82) is 0 Å². The third-order valence-electron chi connectivity index (χ3n) is 2.98. The van der Waals surface area contributed by atoms with Crippen LogP contribution in [0.1, 0.15) is 38.8 Å². The predicted octanol–water partition coefficient (Wildman–Crippen LogP) is 3.40. The largest absolute Gasteiger partial charge is 0.389 e. The Morgan fingerprint density at radius 3 is 2.71 bits per heavy atom. The van der Waals surface area contributed by atoms with Crippen LogP contribution in [0, 0.1) is 5.82 Å². The first kappa shape index (κ1) is 14.6. The second kappa shape index (κ2) is 5.94. The normalized spacial score (nSPS) is 16.6. The molecule has 0 aliphatic heterocycles. The van der Waals surface area contributed by atoms with E-state index in [0.717, 1.165) is 10.0 Å². The molecule has 0 heterocycles. The molecule has 0 aromatic heterocycles. The fourth-order valence-corrected chi connectivity index (χ4v) is 2.15. The van der Waals surface area contributed by atoms with E-state index in [4.69, 9.17) is 0 Å². The summed E-state index contributed by atoms with van der Waals surface area (Å²) < 4.78 is 13.7. The summed E-state index contributed by atoms with van der Waals surface area (Å²) in [6.07, 6.45) is 0.692. The molecule has 17 heavy (non-hydrogen) atoms. The molecule has 0 aliphatic rings. The van der Waals surface area contributed by atoms with Crippen molar-refractivity contribution >= 4 is 15.9 Å². The lowest BCUT2D eigenvalue weighted by atomic mass is 10.0. The fraction of sp³-hybridized carbons (Fsp3) is 0.538. The van der Waals surface area contributed by atoms with Crippen molar-refractivity contribution in [3.8, 4) is 0 Å².